The van der Waals surface area contributed by atoms with Crippen molar-refractivity contribution in [1.29, 1.82) is 0 Å². The molecule has 0 bridgehead atoms. The number of aryl methyl sites for hydroxylation is 1. The summed E-state index contributed by atoms with van der Waals surface area (Å²) in [6, 6.07) is 10.7. The Kier molecular flexibility index (Phi) is 5.57. The first-order valence-electron chi connectivity index (χ1n) is 8.01. The second-order valence-electron chi connectivity index (χ2n) is 5.55. The number of para-hydroxylation sites is 1. The Morgan fingerprint density at radius 3 is 2.93 bits per heavy atom. The molecule has 0 unspecified atom stereocenters. The number of fused-ring (bicyclic) bond motifs is 1. The Balaban J connectivity index is 2.09. The molecule has 0 aliphatic carbocycles. The number of nitrogens with zero attached hydrogens (tertiary/aromatic N) is 3. The van der Waals surface area contributed by atoms with Crippen LogP contribution in [0.25, 0.3) is 10.9 Å². The summed E-state index contributed by atoms with van der Waals surface area (Å²) in [5.41, 5.74) is 0.987. The summed E-state index contributed by atoms with van der Waals surface area (Å²) in [5, 5.41) is 4.79. The highest BCUT2D eigenvalue weighted by Crippen LogP contribution is 2.30. The fourth-order valence-electron chi connectivity index (χ4n) is 2.58. The number of methoxy groups -OCH3 is 1. The third-order valence-corrected chi connectivity index (χ3v) is 4.30. The van der Waals surface area contributed by atoms with E-state index >= 15 is 0 Å². The van der Waals surface area contributed by atoms with Crippen molar-refractivity contribution in [3.63, 3.8) is 0 Å². The molecule has 0 atom stereocenters. The number of ether oxygens (including phenoxy) is 2. The van der Waals surface area contributed by atoms with Crippen LogP contribution in [0.2, 0.25) is 0 Å². The molecule has 1 aromatic heterocycles. The van der Waals surface area contributed by atoms with Gasteiger partial charge in [-0.2, -0.15) is 9.78 Å². The maximum atomic E-state index is 12.8. The first-order valence-corrected chi connectivity index (χ1v) is 8.81. The summed E-state index contributed by atoms with van der Waals surface area (Å²) >= 11 is 3.37. The van der Waals surface area contributed by atoms with Gasteiger partial charge in [0.1, 0.15) is 12.4 Å². The van der Waals surface area contributed by atoms with Gasteiger partial charge in [-0.1, -0.05) is 27.9 Å². The predicted octanol–water partition coefficient (Wildman–Crippen LogP) is 3.37. The minimum absolute atomic E-state index is 0.0890. The summed E-state index contributed by atoms with van der Waals surface area (Å²) in [6.45, 7) is 1.81. The van der Waals surface area contributed by atoms with Crippen LogP contribution in [0, 0.1) is 19.3 Å². The Labute approximate surface area is 164 Å². The maximum absolute atomic E-state index is 12.8. The fourth-order valence-corrected chi connectivity index (χ4v) is 2.94. The number of benzene rings is 2. The lowest BCUT2D eigenvalue weighted by Crippen LogP contribution is -2.20. The summed E-state index contributed by atoms with van der Waals surface area (Å²) in [7, 11) is 1.54. The lowest BCUT2D eigenvalue weighted by atomic mass is 10.2. The van der Waals surface area contributed by atoms with E-state index in [1.807, 2.05) is 6.07 Å². The van der Waals surface area contributed by atoms with Crippen molar-refractivity contribution < 1.29 is 9.47 Å². The van der Waals surface area contributed by atoms with Crippen LogP contribution in [-0.4, -0.2) is 29.6 Å². The standard InChI is InChI=1S/C20H16BrN3O3/c1-4-10-27-19-14(6-5-7-18(19)26-3)12-22-24-13(2)23-17-9-8-15(21)11-16(17)20(24)25/h1,5-9,11-12H,10H2,2-3H3. The van der Waals surface area contributed by atoms with Gasteiger partial charge in [-0.05, 0) is 37.3 Å². The van der Waals surface area contributed by atoms with Crippen LogP contribution >= 0.6 is 15.9 Å². The fraction of sp³-hybridized carbons (Fsp3) is 0.150. The van der Waals surface area contributed by atoms with Gasteiger partial charge in [0.05, 0.1) is 24.2 Å². The van der Waals surface area contributed by atoms with Crippen molar-refractivity contribution in [1.82, 2.24) is 9.66 Å². The van der Waals surface area contributed by atoms with E-state index in [1.165, 1.54) is 10.9 Å². The molecule has 2 aromatic carbocycles. The highest BCUT2D eigenvalue weighted by Gasteiger charge is 2.11. The van der Waals surface area contributed by atoms with E-state index in [9.17, 15) is 4.79 Å². The van der Waals surface area contributed by atoms with Gasteiger partial charge in [0.15, 0.2) is 11.5 Å². The van der Waals surface area contributed by atoms with E-state index in [0.717, 1.165) is 4.47 Å². The third-order valence-electron chi connectivity index (χ3n) is 3.81. The van der Waals surface area contributed by atoms with E-state index in [-0.39, 0.29) is 12.2 Å². The molecular formula is C20H16BrN3O3. The molecule has 136 valence electrons. The number of hydrogen-bond acceptors (Lipinski definition) is 5. The van der Waals surface area contributed by atoms with E-state index in [2.05, 4.69) is 31.9 Å². The zero-order valence-corrected chi connectivity index (χ0v) is 16.4. The van der Waals surface area contributed by atoms with Crippen LogP contribution in [0.1, 0.15) is 11.4 Å². The topological polar surface area (TPSA) is 65.7 Å². The molecule has 0 saturated carbocycles. The SMILES string of the molecule is C#CCOc1c(C=Nn2c(C)nc3ccc(Br)cc3c2=O)cccc1OC. The van der Waals surface area contributed by atoms with Crippen LogP contribution < -0.4 is 15.0 Å². The molecule has 7 heteroatoms. The Morgan fingerprint density at radius 1 is 1.37 bits per heavy atom. The molecule has 6 nitrogen and oxygen atoms in total. The van der Waals surface area contributed by atoms with Crippen molar-refractivity contribution in [3.8, 4) is 23.8 Å². The molecule has 0 radical (unpaired) electrons. The lowest BCUT2D eigenvalue weighted by Gasteiger charge is -2.11. The number of hydrogen-bond donors (Lipinski definition) is 0. The van der Waals surface area contributed by atoms with Gasteiger partial charge in [-0.3, -0.25) is 4.79 Å². The zero-order chi connectivity index (χ0) is 19.4. The van der Waals surface area contributed by atoms with Gasteiger partial charge in [0, 0.05) is 10.0 Å². The Hall–Kier alpha value is -3.11. The Bertz CT molecular complexity index is 1130. The van der Waals surface area contributed by atoms with Crippen molar-refractivity contribution in [2.45, 2.75) is 6.92 Å². The van der Waals surface area contributed by atoms with E-state index in [0.29, 0.717) is 33.8 Å². The third kappa shape index (κ3) is 3.86. The normalized spacial score (nSPS) is 10.9. The number of terminal acetylenes is 1. The molecule has 3 aromatic rings. The zero-order valence-electron chi connectivity index (χ0n) is 14.8. The van der Waals surface area contributed by atoms with Crippen LogP contribution in [0.3, 0.4) is 0 Å². The molecule has 0 amide bonds. The molecule has 0 spiro atoms. The van der Waals surface area contributed by atoms with Gasteiger partial charge < -0.3 is 9.47 Å². The summed E-state index contributed by atoms with van der Waals surface area (Å²) in [6.07, 6.45) is 6.80. The largest absolute Gasteiger partial charge is 0.493 e. The second kappa shape index (κ2) is 8.06. The molecule has 0 saturated heterocycles. The summed E-state index contributed by atoms with van der Waals surface area (Å²) in [4.78, 5) is 17.3. The van der Waals surface area contributed by atoms with E-state index in [1.54, 1.807) is 44.4 Å². The van der Waals surface area contributed by atoms with Crippen LogP contribution in [0.5, 0.6) is 11.5 Å². The molecule has 3 rings (SSSR count). The molecule has 1 heterocycles. The van der Waals surface area contributed by atoms with Gasteiger partial charge in [-0.15, -0.1) is 6.42 Å². The van der Waals surface area contributed by atoms with Crippen molar-refractivity contribution >= 4 is 33.0 Å². The average molecular weight is 426 g/mol. The molecule has 0 aliphatic rings. The van der Waals surface area contributed by atoms with E-state index < -0.39 is 0 Å². The van der Waals surface area contributed by atoms with Gasteiger partial charge in [0.25, 0.3) is 5.56 Å². The number of halogens is 1. The quantitative estimate of drug-likeness (QED) is 0.464. The smallest absolute Gasteiger partial charge is 0.282 e. The minimum atomic E-state index is -0.260. The van der Waals surface area contributed by atoms with Gasteiger partial charge in [0.2, 0.25) is 0 Å². The van der Waals surface area contributed by atoms with Crippen molar-refractivity contribution in [3.05, 3.63) is 62.6 Å². The number of rotatable bonds is 5. The first kappa shape index (κ1) is 18.7. The van der Waals surface area contributed by atoms with Crippen molar-refractivity contribution in [2.75, 3.05) is 13.7 Å². The minimum Gasteiger partial charge on any atom is -0.493 e. The van der Waals surface area contributed by atoms with Crippen LogP contribution in [0.4, 0.5) is 0 Å². The molecule has 0 N–H and O–H groups in total. The second-order valence-corrected chi connectivity index (χ2v) is 6.47. The van der Waals surface area contributed by atoms with Crippen LogP contribution in [0.15, 0.2) is 50.8 Å². The van der Waals surface area contributed by atoms with Crippen LogP contribution in [-0.2, 0) is 0 Å². The molecule has 27 heavy (non-hydrogen) atoms. The summed E-state index contributed by atoms with van der Waals surface area (Å²) in [5.74, 6) is 3.88. The number of aromatic nitrogens is 2. The average Bonchev–Trinajstić information content (AvgIpc) is 2.67. The highest BCUT2D eigenvalue weighted by atomic mass is 79.9. The first-order chi connectivity index (χ1) is 13.0. The molecular weight excluding hydrogens is 410 g/mol. The van der Waals surface area contributed by atoms with Crippen molar-refractivity contribution in [2.24, 2.45) is 5.10 Å². The lowest BCUT2D eigenvalue weighted by molar-refractivity contribution is 0.330. The van der Waals surface area contributed by atoms with E-state index in [4.69, 9.17) is 15.9 Å². The maximum Gasteiger partial charge on any atom is 0.282 e. The highest BCUT2D eigenvalue weighted by molar-refractivity contribution is 9.10. The summed E-state index contributed by atoms with van der Waals surface area (Å²) < 4.78 is 12.9. The monoisotopic (exact) mass is 425 g/mol. The van der Waals surface area contributed by atoms with Gasteiger partial charge >= 0.3 is 0 Å². The molecule has 0 aliphatic heterocycles. The Morgan fingerprint density at radius 2 is 2.19 bits per heavy atom. The predicted molar refractivity (Wildman–Crippen MR) is 109 cm³/mol. The molecule has 0 fully saturated rings. The van der Waals surface area contributed by atoms with Gasteiger partial charge in [-0.25, -0.2) is 4.98 Å².